The molecule has 0 spiro atoms. The van der Waals surface area contributed by atoms with E-state index in [0.29, 0.717) is 31.0 Å². The molecule has 1 aromatic rings. The van der Waals surface area contributed by atoms with Crippen molar-refractivity contribution in [1.29, 1.82) is 0 Å². The zero-order valence-corrected chi connectivity index (χ0v) is 15.7. The van der Waals surface area contributed by atoms with E-state index in [4.69, 9.17) is 4.74 Å². The van der Waals surface area contributed by atoms with Crippen molar-refractivity contribution in [2.24, 2.45) is 0 Å². The van der Waals surface area contributed by atoms with E-state index >= 15 is 0 Å². The first-order chi connectivity index (χ1) is 12.3. The van der Waals surface area contributed by atoms with E-state index in [-0.39, 0.29) is 30.2 Å². The van der Waals surface area contributed by atoms with Gasteiger partial charge >= 0.3 is 0 Å². The first-order valence-corrected chi connectivity index (χ1v) is 8.52. The Kier molecular flexibility index (Phi) is 6.43. The second-order valence-corrected chi connectivity index (χ2v) is 6.49. The SMILES string of the molecule is CC(=O)NCCNC(=O)C[C@H]1COc2ccc(C(=O)N(C)C)cc2N1C. The van der Waals surface area contributed by atoms with E-state index in [1.54, 1.807) is 32.3 Å². The minimum atomic E-state index is -0.132. The molecule has 1 atom stereocenters. The highest BCUT2D eigenvalue weighted by molar-refractivity contribution is 5.95. The fraction of sp³-hybridized carbons (Fsp3) is 0.500. The monoisotopic (exact) mass is 362 g/mol. The van der Waals surface area contributed by atoms with Gasteiger partial charge in [0.2, 0.25) is 11.8 Å². The number of anilines is 1. The summed E-state index contributed by atoms with van der Waals surface area (Å²) >= 11 is 0. The maximum atomic E-state index is 12.2. The van der Waals surface area contributed by atoms with Gasteiger partial charge in [0, 0.05) is 46.7 Å². The van der Waals surface area contributed by atoms with E-state index in [1.165, 1.54) is 11.8 Å². The number of rotatable bonds is 6. The number of nitrogens with zero attached hydrogens (tertiary/aromatic N) is 2. The van der Waals surface area contributed by atoms with Gasteiger partial charge in [0.05, 0.1) is 18.2 Å². The lowest BCUT2D eigenvalue weighted by atomic mass is 10.1. The van der Waals surface area contributed by atoms with Crippen LogP contribution in [0.1, 0.15) is 23.7 Å². The molecular formula is C18H26N4O4. The summed E-state index contributed by atoms with van der Waals surface area (Å²) in [6.07, 6.45) is 0.266. The number of likely N-dealkylation sites (N-methyl/N-ethyl adjacent to an activating group) is 1. The van der Waals surface area contributed by atoms with Crippen molar-refractivity contribution < 1.29 is 19.1 Å². The summed E-state index contributed by atoms with van der Waals surface area (Å²) in [6, 6.07) is 5.18. The maximum Gasteiger partial charge on any atom is 0.253 e. The quantitative estimate of drug-likeness (QED) is 0.707. The van der Waals surface area contributed by atoms with Gasteiger partial charge in [0.1, 0.15) is 12.4 Å². The van der Waals surface area contributed by atoms with Crippen LogP contribution in [0, 0.1) is 0 Å². The maximum absolute atomic E-state index is 12.2. The number of ether oxygens (including phenoxy) is 1. The zero-order valence-electron chi connectivity index (χ0n) is 15.7. The number of carbonyl (C=O) groups excluding carboxylic acids is 3. The van der Waals surface area contributed by atoms with Crippen LogP contribution in [-0.2, 0) is 9.59 Å². The molecule has 0 saturated heterocycles. The number of carbonyl (C=O) groups is 3. The number of nitrogens with one attached hydrogen (secondary N) is 2. The first-order valence-electron chi connectivity index (χ1n) is 8.52. The second kappa shape index (κ2) is 8.55. The largest absolute Gasteiger partial charge is 0.489 e. The van der Waals surface area contributed by atoms with E-state index in [1.807, 2.05) is 11.9 Å². The third-order valence-corrected chi connectivity index (χ3v) is 4.21. The molecule has 8 heteroatoms. The van der Waals surface area contributed by atoms with Crippen molar-refractivity contribution in [3.8, 4) is 5.75 Å². The van der Waals surface area contributed by atoms with Gasteiger partial charge in [-0.05, 0) is 18.2 Å². The van der Waals surface area contributed by atoms with Crippen molar-refractivity contribution in [1.82, 2.24) is 15.5 Å². The van der Waals surface area contributed by atoms with Gasteiger partial charge in [-0.25, -0.2) is 0 Å². The summed E-state index contributed by atoms with van der Waals surface area (Å²) in [5, 5.41) is 5.41. The fourth-order valence-corrected chi connectivity index (χ4v) is 2.72. The minimum Gasteiger partial charge on any atom is -0.489 e. The molecule has 1 aliphatic rings. The number of hydrogen-bond acceptors (Lipinski definition) is 5. The molecule has 0 aliphatic carbocycles. The molecule has 0 aromatic heterocycles. The van der Waals surface area contributed by atoms with Crippen LogP contribution in [0.2, 0.25) is 0 Å². The summed E-state index contributed by atoms with van der Waals surface area (Å²) in [5.41, 5.74) is 1.37. The number of benzene rings is 1. The molecule has 8 nitrogen and oxygen atoms in total. The van der Waals surface area contributed by atoms with Crippen LogP contribution in [0.25, 0.3) is 0 Å². The standard InChI is InChI=1S/C18H26N4O4/c1-12(23)19-7-8-20-17(24)10-14-11-26-16-6-5-13(18(25)21(2)3)9-15(16)22(14)4/h5-6,9,14H,7-8,10-11H2,1-4H3,(H,19,23)(H,20,24)/t14-/m0/s1. The Morgan fingerprint density at radius 1 is 1.23 bits per heavy atom. The van der Waals surface area contributed by atoms with Gasteiger partial charge < -0.3 is 25.2 Å². The Balaban J connectivity index is 1.98. The molecule has 0 saturated carbocycles. The van der Waals surface area contributed by atoms with Crippen LogP contribution >= 0.6 is 0 Å². The van der Waals surface area contributed by atoms with Gasteiger partial charge in [-0.2, -0.15) is 0 Å². The molecule has 1 aromatic carbocycles. The highest BCUT2D eigenvalue weighted by Crippen LogP contribution is 2.34. The summed E-state index contributed by atoms with van der Waals surface area (Å²) in [5.74, 6) is 0.378. The number of hydrogen-bond donors (Lipinski definition) is 2. The van der Waals surface area contributed by atoms with E-state index in [0.717, 1.165) is 5.69 Å². The molecule has 0 bridgehead atoms. The average molecular weight is 362 g/mol. The minimum absolute atomic E-state index is 0.0842. The van der Waals surface area contributed by atoms with Crippen LogP contribution in [0.4, 0.5) is 5.69 Å². The highest BCUT2D eigenvalue weighted by Gasteiger charge is 2.27. The van der Waals surface area contributed by atoms with Crippen LogP contribution in [0.3, 0.4) is 0 Å². The van der Waals surface area contributed by atoms with Crippen molar-refractivity contribution >= 4 is 23.4 Å². The van der Waals surface area contributed by atoms with Crippen LogP contribution < -0.4 is 20.3 Å². The summed E-state index contributed by atoms with van der Waals surface area (Å²) in [7, 11) is 5.30. The Morgan fingerprint density at radius 3 is 2.58 bits per heavy atom. The lowest BCUT2D eigenvalue weighted by Gasteiger charge is -2.35. The fourth-order valence-electron chi connectivity index (χ4n) is 2.72. The Labute approximate surface area is 153 Å². The van der Waals surface area contributed by atoms with Gasteiger partial charge in [0.25, 0.3) is 5.91 Å². The third kappa shape index (κ3) is 4.87. The van der Waals surface area contributed by atoms with E-state index in [2.05, 4.69) is 10.6 Å². The molecule has 2 rings (SSSR count). The van der Waals surface area contributed by atoms with Gasteiger partial charge in [-0.3, -0.25) is 14.4 Å². The number of amides is 3. The normalized spacial score (nSPS) is 15.5. The highest BCUT2D eigenvalue weighted by atomic mass is 16.5. The predicted octanol–water partition coefficient (Wildman–Crippen LogP) is 0.228. The van der Waals surface area contributed by atoms with E-state index in [9.17, 15) is 14.4 Å². The molecule has 142 valence electrons. The van der Waals surface area contributed by atoms with Gasteiger partial charge in [-0.1, -0.05) is 0 Å². The number of fused-ring (bicyclic) bond motifs is 1. The third-order valence-electron chi connectivity index (χ3n) is 4.21. The molecular weight excluding hydrogens is 336 g/mol. The Morgan fingerprint density at radius 2 is 1.92 bits per heavy atom. The van der Waals surface area contributed by atoms with Gasteiger partial charge in [0.15, 0.2) is 0 Å². The smallest absolute Gasteiger partial charge is 0.253 e. The molecule has 26 heavy (non-hydrogen) atoms. The van der Waals surface area contributed by atoms with Gasteiger partial charge in [-0.15, -0.1) is 0 Å². The molecule has 2 N–H and O–H groups in total. The average Bonchev–Trinajstić information content (AvgIpc) is 2.60. The molecule has 0 radical (unpaired) electrons. The lowest BCUT2D eigenvalue weighted by molar-refractivity contribution is -0.122. The molecule has 0 fully saturated rings. The van der Waals surface area contributed by atoms with Crippen molar-refractivity contribution in [3.05, 3.63) is 23.8 Å². The summed E-state index contributed by atoms with van der Waals surface area (Å²) < 4.78 is 5.76. The molecule has 3 amide bonds. The van der Waals surface area contributed by atoms with Crippen LogP contribution in [-0.4, -0.2) is 69.5 Å². The molecule has 1 heterocycles. The zero-order chi connectivity index (χ0) is 19.3. The Bertz CT molecular complexity index is 690. The van der Waals surface area contributed by atoms with E-state index < -0.39 is 0 Å². The topological polar surface area (TPSA) is 91.0 Å². The molecule has 1 aliphatic heterocycles. The van der Waals surface area contributed by atoms with Crippen molar-refractivity contribution in [3.63, 3.8) is 0 Å². The van der Waals surface area contributed by atoms with Crippen molar-refractivity contribution in [2.45, 2.75) is 19.4 Å². The van der Waals surface area contributed by atoms with Crippen molar-refractivity contribution in [2.75, 3.05) is 45.7 Å². The first kappa shape index (κ1) is 19.6. The predicted molar refractivity (Wildman–Crippen MR) is 98.5 cm³/mol. The van der Waals surface area contributed by atoms with Crippen LogP contribution in [0.5, 0.6) is 5.75 Å². The lowest BCUT2D eigenvalue weighted by Crippen LogP contribution is -2.44. The Hall–Kier alpha value is -2.77. The molecule has 0 unspecified atom stereocenters. The second-order valence-electron chi connectivity index (χ2n) is 6.49. The summed E-state index contributed by atoms with van der Waals surface area (Å²) in [4.78, 5) is 38.6. The summed E-state index contributed by atoms with van der Waals surface area (Å²) in [6.45, 7) is 2.61. The van der Waals surface area contributed by atoms with Crippen LogP contribution in [0.15, 0.2) is 18.2 Å².